The average Bonchev–Trinajstić information content (AvgIpc) is 2.69. The molecule has 0 saturated carbocycles. The SMILES string of the molecule is Cc1ccc2c(CC(=O)O)c3n(c2c1C)CCNC3. The Hall–Kier alpha value is -1.81. The molecule has 4 heteroatoms. The van der Waals surface area contributed by atoms with Crippen LogP contribution in [0.2, 0.25) is 0 Å². The highest BCUT2D eigenvalue weighted by atomic mass is 16.4. The molecule has 1 aliphatic rings. The molecule has 3 rings (SSSR count). The van der Waals surface area contributed by atoms with E-state index in [4.69, 9.17) is 5.11 Å². The summed E-state index contributed by atoms with van der Waals surface area (Å²) >= 11 is 0. The zero-order valence-corrected chi connectivity index (χ0v) is 11.3. The zero-order valence-electron chi connectivity index (χ0n) is 11.3. The first kappa shape index (κ1) is 12.2. The van der Waals surface area contributed by atoms with Crippen molar-refractivity contribution < 1.29 is 9.90 Å². The predicted molar refractivity (Wildman–Crippen MR) is 74.5 cm³/mol. The number of carboxylic acid groups (broad SMARTS) is 1. The molecule has 0 radical (unpaired) electrons. The maximum atomic E-state index is 11.1. The van der Waals surface area contributed by atoms with Gasteiger partial charge in [0, 0.05) is 30.7 Å². The Labute approximate surface area is 112 Å². The number of carboxylic acids is 1. The molecular formula is C15H18N2O2. The Kier molecular flexibility index (Phi) is 2.82. The third kappa shape index (κ3) is 1.83. The van der Waals surface area contributed by atoms with Gasteiger partial charge in [0.1, 0.15) is 0 Å². The number of benzene rings is 1. The number of carbonyl (C=O) groups is 1. The molecule has 2 heterocycles. The molecule has 0 atom stereocenters. The van der Waals surface area contributed by atoms with Crippen LogP contribution in [0.1, 0.15) is 22.4 Å². The lowest BCUT2D eigenvalue weighted by Crippen LogP contribution is -2.28. The lowest BCUT2D eigenvalue weighted by atomic mass is 10.0. The van der Waals surface area contributed by atoms with Gasteiger partial charge in [-0.3, -0.25) is 4.79 Å². The number of aliphatic carboxylic acids is 1. The molecule has 1 aromatic heterocycles. The van der Waals surface area contributed by atoms with Gasteiger partial charge >= 0.3 is 5.97 Å². The van der Waals surface area contributed by atoms with Crippen LogP contribution in [-0.4, -0.2) is 22.2 Å². The van der Waals surface area contributed by atoms with Crippen molar-refractivity contribution in [2.45, 2.75) is 33.4 Å². The first-order chi connectivity index (χ1) is 9.09. The van der Waals surface area contributed by atoms with E-state index in [0.717, 1.165) is 36.3 Å². The van der Waals surface area contributed by atoms with E-state index in [-0.39, 0.29) is 6.42 Å². The largest absolute Gasteiger partial charge is 0.481 e. The molecule has 2 aromatic rings. The van der Waals surface area contributed by atoms with Gasteiger partial charge in [0.05, 0.1) is 11.9 Å². The number of rotatable bonds is 2. The highest BCUT2D eigenvalue weighted by Gasteiger charge is 2.22. The van der Waals surface area contributed by atoms with Crippen molar-refractivity contribution in [3.63, 3.8) is 0 Å². The molecular weight excluding hydrogens is 240 g/mol. The maximum Gasteiger partial charge on any atom is 0.307 e. The van der Waals surface area contributed by atoms with E-state index in [1.807, 2.05) is 0 Å². The van der Waals surface area contributed by atoms with Crippen LogP contribution in [-0.2, 0) is 24.3 Å². The van der Waals surface area contributed by atoms with Crippen LogP contribution in [0.15, 0.2) is 12.1 Å². The summed E-state index contributed by atoms with van der Waals surface area (Å²) < 4.78 is 2.30. The van der Waals surface area contributed by atoms with E-state index in [1.165, 1.54) is 16.6 Å². The van der Waals surface area contributed by atoms with Crippen LogP contribution in [0.4, 0.5) is 0 Å². The van der Waals surface area contributed by atoms with Crippen molar-refractivity contribution in [2.24, 2.45) is 0 Å². The summed E-state index contributed by atoms with van der Waals surface area (Å²) in [5.74, 6) is -0.765. The summed E-state index contributed by atoms with van der Waals surface area (Å²) in [6.07, 6.45) is 0.100. The van der Waals surface area contributed by atoms with E-state index >= 15 is 0 Å². The summed E-state index contributed by atoms with van der Waals surface area (Å²) in [4.78, 5) is 11.1. The molecule has 1 aromatic carbocycles. The van der Waals surface area contributed by atoms with Crippen molar-refractivity contribution in [2.75, 3.05) is 6.54 Å². The van der Waals surface area contributed by atoms with E-state index in [1.54, 1.807) is 0 Å². The fraction of sp³-hybridized carbons (Fsp3) is 0.400. The molecule has 0 bridgehead atoms. The molecule has 1 aliphatic heterocycles. The van der Waals surface area contributed by atoms with Crippen molar-refractivity contribution in [3.8, 4) is 0 Å². The van der Waals surface area contributed by atoms with Gasteiger partial charge in [0.15, 0.2) is 0 Å². The Balaban J connectivity index is 2.35. The number of fused-ring (bicyclic) bond motifs is 3. The third-order valence-corrected chi connectivity index (χ3v) is 4.10. The molecule has 0 saturated heterocycles. The fourth-order valence-corrected chi connectivity index (χ4v) is 3.04. The third-order valence-electron chi connectivity index (χ3n) is 4.10. The number of aromatic nitrogens is 1. The first-order valence-corrected chi connectivity index (χ1v) is 6.62. The number of hydrogen-bond donors (Lipinski definition) is 2. The fourth-order valence-electron chi connectivity index (χ4n) is 3.04. The number of aryl methyl sites for hydroxylation is 2. The highest BCUT2D eigenvalue weighted by Crippen LogP contribution is 2.31. The Morgan fingerprint density at radius 1 is 1.42 bits per heavy atom. The van der Waals surface area contributed by atoms with Gasteiger partial charge < -0.3 is 15.0 Å². The van der Waals surface area contributed by atoms with E-state index in [9.17, 15) is 4.79 Å². The monoisotopic (exact) mass is 258 g/mol. The normalized spacial score (nSPS) is 14.6. The maximum absolute atomic E-state index is 11.1. The van der Waals surface area contributed by atoms with Gasteiger partial charge in [-0.05, 0) is 30.5 Å². The van der Waals surface area contributed by atoms with Crippen LogP contribution in [0, 0.1) is 13.8 Å². The van der Waals surface area contributed by atoms with Crippen molar-refractivity contribution in [1.82, 2.24) is 9.88 Å². The van der Waals surface area contributed by atoms with Gasteiger partial charge in [-0.2, -0.15) is 0 Å². The molecule has 0 amide bonds. The predicted octanol–water partition coefficient (Wildman–Crippen LogP) is 1.99. The molecule has 0 aliphatic carbocycles. The van der Waals surface area contributed by atoms with E-state index in [0.29, 0.717) is 0 Å². The Morgan fingerprint density at radius 3 is 2.95 bits per heavy atom. The summed E-state index contributed by atoms with van der Waals surface area (Å²) in [5.41, 5.74) is 5.84. The van der Waals surface area contributed by atoms with Crippen molar-refractivity contribution in [3.05, 3.63) is 34.5 Å². The molecule has 100 valence electrons. The number of nitrogens with one attached hydrogen (secondary N) is 1. The first-order valence-electron chi connectivity index (χ1n) is 6.62. The summed E-state index contributed by atoms with van der Waals surface area (Å²) in [5, 5.41) is 13.6. The topological polar surface area (TPSA) is 54.3 Å². The summed E-state index contributed by atoms with van der Waals surface area (Å²) in [7, 11) is 0. The van der Waals surface area contributed by atoms with Crippen LogP contribution in [0.5, 0.6) is 0 Å². The second-order valence-corrected chi connectivity index (χ2v) is 5.23. The van der Waals surface area contributed by atoms with Gasteiger partial charge in [-0.15, -0.1) is 0 Å². The smallest absolute Gasteiger partial charge is 0.307 e. The molecule has 0 spiro atoms. The average molecular weight is 258 g/mol. The summed E-state index contributed by atoms with van der Waals surface area (Å²) in [6.45, 7) is 6.84. The minimum absolute atomic E-state index is 0.100. The van der Waals surface area contributed by atoms with Gasteiger partial charge in [0.25, 0.3) is 0 Å². The van der Waals surface area contributed by atoms with Crippen LogP contribution < -0.4 is 5.32 Å². The molecule has 2 N–H and O–H groups in total. The number of nitrogens with zero attached hydrogens (tertiary/aromatic N) is 1. The second-order valence-electron chi connectivity index (χ2n) is 5.23. The quantitative estimate of drug-likeness (QED) is 0.866. The molecule has 4 nitrogen and oxygen atoms in total. The van der Waals surface area contributed by atoms with Crippen molar-refractivity contribution >= 4 is 16.9 Å². The molecule has 0 fully saturated rings. The van der Waals surface area contributed by atoms with Crippen LogP contribution in [0.25, 0.3) is 10.9 Å². The van der Waals surface area contributed by atoms with Gasteiger partial charge in [-0.25, -0.2) is 0 Å². The van der Waals surface area contributed by atoms with Gasteiger partial charge in [-0.1, -0.05) is 12.1 Å². The van der Waals surface area contributed by atoms with E-state index in [2.05, 4.69) is 35.9 Å². The highest BCUT2D eigenvalue weighted by molar-refractivity contribution is 5.92. The minimum Gasteiger partial charge on any atom is -0.481 e. The van der Waals surface area contributed by atoms with E-state index < -0.39 is 5.97 Å². The Bertz CT molecular complexity index is 671. The van der Waals surface area contributed by atoms with Crippen LogP contribution in [0.3, 0.4) is 0 Å². The summed E-state index contributed by atoms with van der Waals surface area (Å²) in [6, 6.07) is 4.16. The zero-order chi connectivity index (χ0) is 13.6. The number of hydrogen-bond acceptors (Lipinski definition) is 2. The second kappa shape index (κ2) is 4.38. The molecule has 0 unspecified atom stereocenters. The lowest BCUT2D eigenvalue weighted by molar-refractivity contribution is -0.136. The minimum atomic E-state index is -0.765. The lowest BCUT2D eigenvalue weighted by Gasteiger charge is -2.19. The van der Waals surface area contributed by atoms with Crippen molar-refractivity contribution in [1.29, 1.82) is 0 Å². The van der Waals surface area contributed by atoms with Crippen LogP contribution >= 0.6 is 0 Å². The Morgan fingerprint density at radius 2 is 2.21 bits per heavy atom. The standard InChI is InChI=1S/C15H18N2O2/c1-9-3-4-11-12(7-14(18)19)13-8-16-5-6-17(13)15(11)10(9)2/h3-4,16H,5-8H2,1-2H3,(H,18,19). The van der Waals surface area contributed by atoms with Gasteiger partial charge in [0.2, 0.25) is 0 Å². The molecule has 19 heavy (non-hydrogen) atoms.